The molecular weight excluding hydrogens is 366 g/mol. The zero-order valence-corrected chi connectivity index (χ0v) is 16.9. The topological polar surface area (TPSA) is 32.3 Å². The van der Waals surface area contributed by atoms with Gasteiger partial charge in [0.15, 0.2) is 0 Å². The summed E-state index contributed by atoms with van der Waals surface area (Å²) in [5.74, 6) is 0. The molecule has 0 amide bonds. The number of benzene rings is 4. The van der Waals surface area contributed by atoms with E-state index in [-0.39, 0.29) is 12.1 Å². The molecule has 0 radical (unpaired) electrons. The van der Waals surface area contributed by atoms with Crippen molar-refractivity contribution in [2.45, 2.75) is 24.6 Å². The zero-order valence-electron chi connectivity index (χ0n) is 16.9. The molecule has 0 aromatic heterocycles. The Balaban J connectivity index is 1.69. The van der Waals surface area contributed by atoms with Crippen LogP contribution in [0.3, 0.4) is 0 Å². The second-order valence-electron chi connectivity index (χ2n) is 7.56. The third-order valence-electron chi connectivity index (χ3n) is 5.48. The summed E-state index contributed by atoms with van der Waals surface area (Å²) >= 11 is 0. The fourth-order valence-corrected chi connectivity index (χ4v) is 3.90. The minimum atomic E-state index is -0.657. The van der Waals surface area contributed by atoms with Crippen molar-refractivity contribution in [3.8, 4) is 0 Å². The molecule has 2 N–H and O–H groups in total. The second kappa shape index (κ2) is 10.0. The van der Waals surface area contributed by atoms with E-state index < -0.39 is 6.10 Å². The minimum Gasteiger partial charge on any atom is -0.386 e. The summed E-state index contributed by atoms with van der Waals surface area (Å²) in [7, 11) is 0. The van der Waals surface area contributed by atoms with Gasteiger partial charge in [0.2, 0.25) is 0 Å². The van der Waals surface area contributed by atoms with Crippen LogP contribution in [-0.4, -0.2) is 5.11 Å². The van der Waals surface area contributed by atoms with Gasteiger partial charge in [-0.3, -0.25) is 0 Å². The highest BCUT2D eigenvalue weighted by atomic mass is 16.3. The molecule has 4 rings (SSSR count). The van der Waals surface area contributed by atoms with Crippen molar-refractivity contribution in [1.29, 1.82) is 0 Å². The van der Waals surface area contributed by atoms with Gasteiger partial charge in [-0.1, -0.05) is 121 Å². The summed E-state index contributed by atoms with van der Waals surface area (Å²) < 4.78 is 0. The molecule has 0 aliphatic carbocycles. The van der Waals surface area contributed by atoms with Crippen LogP contribution >= 0.6 is 0 Å². The summed E-state index contributed by atoms with van der Waals surface area (Å²) in [6.07, 6.45) is 0.186. The molecule has 0 heterocycles. The average Bonchev–Trinajstić information content (AvgIpc) is 2.83. The Labute approximate surface area is 178 Å². The molecule has 0 saturated heterocycles. The monoisotopic (exact) mass is 393 g/mol. The van der Waals surface area contributed by atoms with Gasteiger partial charge < -0.3 is 10.4 Å². The zero-order chi connectivity index (χ0) is 20.6. The molecular formula is C28H27NO. The van der Waals surface area contributed by atoms with Gasteiger partial charge in [0.25, 0.3) is 0 Å². The summed E-state index contributed by atoms with van der Waals surface area (Å²) in [6.45, 7) is 0. The van der Waals surface area contributed by atoms with Crippen LogP contribution < -0.4 is 5.32 Å². The van der Waals surface area contributed by atoms with Gasteiger partial charge >= 0.3 is 0 Å². The van der Waals surface area contributed by atoms with Crippen LogP contribution in [0.1, 0.15) is 40.4 Å². The molecule has 2 nitrogen and oxygen atoms in total. The third-order valence-corrected chi connectivity index (χ3v) is 5.48. The van der Waals surface area contributed by atoms with Crippen molar-refractivity contribution in [2.75, 3.05) is 0 Å². The average molecular weight is 394 g/mol. The van der Waals surface area contributed by atoms with E-state index in [9.17, 15) is 5.11 Å². The SMILES string of the molecule is O[C@H](c1ccccc1)[C@H](N[C@H](Cc1ccccc1)c1ccccc1)c1ccccc1. The molecule has 4 aromatic rings. The minimum absolute atomic E-state index is 0.0668. The molecule has 0 aliphatic heterocycles. The maximum Gasteiger partial charge on any atom is 0.0984 e. The van der Waals surface area contributed by atoms with E-state index in [1.54, 1.807) is 0 Å². The molecule has 3 atom stereocenters. The number of rotatable bonds is 8. The molecule has 0 fully saturated rings. The van der Waals surface area contributed by atoms with E-state index in [1.807, 2.05) is 60.7 Å². The number of nitrogens with one attached hydrogen (secondary N) is 1. The van der Waals surface area contributed by atoms with E-state index in [4.69, 9.17) is 0 Å². The first-order chi connectivity index (χ1) is 14.8. The van der Waals surface area contributed by atoms with Gasteiger partial charge in [-0.15, -0.1) is 0 Å². The molecule has 0 spiro atoms. The summed E-state index contributed by atoms with van der Waals surface area (Å²) in [5.41, 5.74) is 4.45. The first-order valence-electron chi connectivity index (χ1n) is 10.4. The normalized spacial score (nSPS) is 14.0. The lowest BCUT2D eigenvalue weighted by molar-refractivity contribution is 0.121. The van der Waals surface area contributed by atoms with Gasteiger partial charge in [0.05, 0.1) is 12.1 Å². The van der Waals surface area contributed by atoms with Crippen LogP contribution in [0.4, 0.5) is 0 Å². The lowest BCUT2D eigenvalue weighted by atomic mass is 9.92. The summed E-state index contributed by atoms with van der Waals surface area (Å²) in [4.78, 5) is 0. The summed E-state index contributed by atoms with van der Waals surface area (Å²) in [5, 5.41) is 15.1. The van der Waals surface area contributed by atoms with Crippen molar-refractivity contribution in [2.24, 2.45) is 0 Å². The molecule has 0 bridgehead atoms. The Morgan fingerprint density at radius 1 is 0.533 bits per heavy atom. The number of aliphatic hydroxyl groups is 1. The van der Waals surface area contributed by atoms with Crippen molar-refractivity contribution >= 4 is 0 Å². The van der Waals surface area contributed by atoms with Crippen molar-refractivity contribution in [3.05, 3.63) is 144 Å². The fraction of sp³-hybridized carbons (Fsp3) is 0.143. The quantitative estimate of drug-likeness (QED) is 0.383. The van der Waals surface area contributed by atoms with Crippen LogP contribution in [0.2, 0.25) is 0 Å². The van der Waals surface area contributed by atoms with Crippen molar-refractivity contribution in [1.82, 2.24) is 5.32 Å². The Morgan fingerprint density at radius 3 is 1.50 bits per heavy atom. The van der Waals surface area contributed by atoms with Gasteiger partial charge in [-0.05, 0) is 28.7 Å². The van der Waals surface area contributed by atoms with Crippen LogP contribution in [0, 0.1) is 0 Å². The van der Waals surface area contributed by atoms with Crippen LogP contribution in [0.15, 0.2) is 121 Å². The van der Waals surface area contributed by atoms with E-state index in [0.29, 0.717) is 0 Å². The highest BCUT2D eigenvalue weighted by Gasteiger charge is 2.26. The van der Waals surface area contributed by atoms with Crippen LogP contribution in [-0.2, 0) is 6.42 Å². The maximum absolute atomic E-state index is 11.3. The lowest BCUT2D eigenvalue weighted by Gasteiger charge is -2.30. The number of aliphatic hydroxyl groups excluding tert-OH is 1. The van der Waals surface area contributed by atoms with Crippen molar-refractivity contribution in [3.63, 3.8) is 0 Å². The van der Waals surface area contributed by atoms with Gasteiger partial charge in [-0.2, -0.15) is 0 Å². The Bertz CT molecular complexity index is 1000. The molecule has 0 unspecified atom stereocenters. The summed E-state index contributed by atoms with van der Waals surface area (Å²) in [6, 6.07) is 40.9. The van der Waals surface area contributed by atoms with E-state index in [2.05, 4.69) is 66.0 Å². The molecule has 150 valence electrons. The van der Waals surface area contributed by atoms with E-state index in [1.165, 1.54) is 11.1 Å². The molecule has 2 heteroatoms. The van der Waals surface area contributed by atoms with Crippen LogP contribution in [0.5, 0.6) is 0 Å². The van der Waals surface area contributed by atoms with Gasteiger partial charge in [-0.25, -0.2) is 0 Å². The molecule has 0 saturated carbocycles. The predicted molar refractivity (Wildman–Crippen MR) is 123 cm³/mol. The smallest absolute Gasteiger partial charge is 0.0984 e. The molecule has 0 aliphatic rings. The highest BCUT2D eigenvalue weighted by Crippen LogP contribution is 2.32. The molecule has 30 heavy (non-hydrogen) atoms. The van der Waals surface area contributed by atoms with Crippen molar-refractivity contribution < 1.29 is 5.11 Å². The Hall–Kier alpha value is -3.20. The van der Waals surface area contributed by atoms with E-state index in [0.717, 1.165) is 17.5 Å². The maximum atomic E-state index is 11.3. The fourth-order valence-electron chi connectivity index (χ4n) is 3.90. The number of hydrogen-bond donors (Lipinski definition) is 2. The molecule has 4 aromatic carbocycles. The third kappa shape index (κ3) is 5.04. The van der Waals surface area contributed by atoms with Gasteiger partial charge in [0.1, 0.15) is 0 Å². The van der Waals surface area contributed by atoms with Crippen LogP contribution in [0.25, 0.3) is 0 Å². The largest absolute Gasteiger partial charge is 0.386 e. The predicted octanol–water partition coefficient (Wildman–Crippen LogP) is 6.03. The first kappa shape index (κ1) is 20.1. The lowest BCUT2D eigenvalue weighted by Crippen LogP contribution is -2.32. The standard InChI is InChI=1S/C28H27NO/c30-28(25-19-11-4-12-20-25)27(24-17-9-3-10-18-24)29-26(23-15-7-2-8-16-23)21-22-13-5-1-6-14-22/h1-20,26-30H,21H2/t26-,27-,28-/m1/s1. The Morgan fingerprint density at radius 2 is 0.967 bits per heavy atom. The van der Waals surface area contributed by atoms with E-state index >= 15 is 0 Å². The number of hydrogen-bond acceptors (Lipinski definition) is 2. The Kier molecular flexibility index (Phi) is 6.71. The highest BCUT2D eigenvalue weighted by molar-refractivity contribution is 5.29. The second-order valence-corrected chi connectivity index (χ2v) is 7.56. The first-order valence-corrected chi connectivity index (χ1v) is 10.4. The van der Waals surface area contributed by atoms with Gasteiger partial charge in [0, 0.05) is 6.04 Å².